The Kier molecular flexibility index (Phi) is 1.08. The van der Waals surface area contributed by atoms with Crippen LogP contribution in [-0.4, -0.2) is 19.8 Å². The number of hydrogen-bond acceptors (Lipinski definition) is 2. The molecule has 2 N–H and O–H groups in total. The van der Waals surface area contributed by atoms with Crippen LogP contribution in [0.2, 0.25) is 0 Å². The lowest BCUT2D eigenvalue weighted by atomic mass is 9.61. The Morgan fingerprint density at radius 3 is 2.44 bits per heavy atom. The van der Waals surface area contributed by atoms with Crippen LogP contribution in [-0.2, 0) is 4.74 Å². The molecule has 1 spiro atoms. The van der Waals surface area contributed by atoms with Gasteiger partial charge in [0, 0.05) is 5.41 Å². The van der Waals surface area contributed by atoms with Crippen LogP contribution < -0.4 is 5.73 Å². The lowest BCUT2D eigenvalue weighted by Gasteiger charge is -2.53. The highest BCUT2D eigenvalue weighted by molar-refractivity contribution is 4.98. The smallest absolute Gasteiger partial charge is 0.0545 e. The fourth-order valence-corrected chi connectivity index (χ4v) is 1.96. The van der Waals surface area contributed by atoms with Crippen molar-refractivity contribution in [3.8, 4) is 0 Å². The normalized spacial score (nSPS) is 31.7. The van der Waals surface area contributed by atoms with Gasteiger partial charge in [-0.05, 0) is 25.3 Å². The van der Waals surface area contributed by atoms with Crippen LogP contribution in [0.3, 0.4) is 0 Å². The Hall–Kier alpha value is -0.0800. The molecule has 0 aromatic carbocycles. The summed E-state index contributed by atoms with van der Waals surface area (Å²) in [5.41, 5.74) is 6.11. The Bertz CT molecular complexity index is 112. The summed E-state index contributed by atoms with van der Waals surface area (Å²) in [6.07, 6.45) is 2.65. The molecule has 1 aliphatic heterocycles. The molecule has 1 saturated heterocycles. The summed E-state index contributed by atoms with van der Waals surface area (Å²) in [7, 11) is 0. The van der Waals surface area contributed by atoms with Crippen molar-refractivity contribution in [3.63, 3.8) is 0 Å². The van der Waals surface area contributed by atoms with E-state index in [4.69, 9.17) is 10.5 Å². The molecule has 1 heterocycles. The zero-order valence-electron chi connectivity index (χ0n) is 5.60. The summed E-state index contributed by atoms with van der Waals surface area (Å²) in [6.45, 7) is 2.88. The molecule has 2 nitrogen and oxygen atoms in total. The fourth-order valence-electron chi connectivity index (χ4n) is 1.96. The van der Waals surface area contributed by atoms with Crippen LogP contribution in [0.15, 0.2) is 0 Å². The number of nitrogens with two attached hydrogens (primary N) is 1. The minimum atomic E-state index is 0.615. The van der Waals surface area contributed by atoms with Gasteiger partial charge in [0.1, 0.15) is 0 Å². The summed E-state index contributed by atoms with van der Waals surface area (Å²) in [5, 5.41) is 0. The summed E-state index contributed by atoms with van der Waals surface area (Å²) < 4.78 is 5.13. The molecule has 52 valence electrons. The number of hydrogen-bond donors (Lipinski definition) is 1. The molecule has 2 aliphatic rings. The minimum absolute atomic E-state index is 0.615. The van der Waals surface area contributed by atoms with Crippen LogP contribution in [0.1, 0.15) is 12.8 Å². The summed E-state index contributed by atoms with van der Waals surface area (Å²) >= 11 is 0. The van der Waals surface area contributed by atoms with Gasteiger partial charge in [0.05, 0.1) is 13.2 Å². The second kappa shape index (κ2) is 1.70. The van der Waals surface area contributed by atoms with Gasteiger partial charge >= 0.3 is 0 Å². The second-order valence-electron chi connectivity index (χ2n) is 3.50. The van der Waals surface area contributed by atoms with Crippen molar-refractivity contribution in [2.24, 2.45) is 17.1 Å². The highest BCUT2D eigenvalue weighted by Gasteiger charge is 2.48. The predicted octanol–water partition coefficient (Wildman–Crippen LogP) is 0.372. The van der Waals surface area contributed by atoms with E-state index in [1.165, 1.54) is 12.8 Å². The molecule has 2 fully saturated rings. The molecule has 0 bridgehead atoms. The van der Waals surface area contributed by atoms with E-state index in [1.54, 1.807) is 0 Å². The Morgan fingerprint density at radius 1 is 1.44 bits per heavy atom. The molecular weight excluding hydrogens is 114 g/mol. The van der Waals surface area contributed by atoms with Gasteiger partial charge in [-0.3, -0.25) is 0 Å². The minimum Gasteiger partial charge on any atom is -0.380 e. The van der Waals surface area contributed by atoms with Crippen LogP contribution in [0.4, 0.5) is 0 Å². The van der Waals surface area contributed by atoms with E-state index in [2.05, 4.69) is 0 Å². The molecule has 0 atom stereocenters. The van der Waals surface area contributed by atoms with Crippen molar-refractivity contribution in [3.05, 3.63) is 0 Å². The van der Waals surface area contributed by atoms with Crippen molar-refractivity contribution in [2.45, 2.75) is 12.8 Å². The van der Waals surface area contributed by atoms with Gasteiger partial charge in [0.2, 0.25) is 0 Å². The fraction of sp³-hybridized carbons (Fsp3) is 1.00. The lowest BCUT2D eigenvalue weighted by molar-refractivity contribution is -0.176. The van der Waals surface area contributed by atoms with Crippen LogP contribution in [0.5, 0.6) is 0 Å². The molecule has 2 heteroatoms. The first-order chi connectivity index (χ1) is 4.35. The maximum atomic E-state index is 5.49. The maximum absolute atomic E-state index is 5.49. The van der Waals surface area contributed by atoms with Gasteiger partial charge in [0.15, 0.2) is 0 Å². The summed E-state index contributed by atoms with van der Waals surface area (Å²) in [4.78, 5) is 0. The predicted molar refractivity (Wildman–Crippen MR) is 35.0 cm³/mol. The van der Waals surface area contributed by atoms with E-state index in [-0.39, 0.29) is 0 Å². The van der Waals surface area contributed by atoms with E-state index in [0.717, 1.165) is 25.7 Å². The number of ether oxygens (including phenoxy) is 1. The maximum Gasteiger partial charge on any atom is 0.0545 e. The van der Waals surface area contributed by atoms with E-state index in [0.29, 0.717) is 5.41 Å². The number of rotatable bonds is 1. The van der Waals surface area contributed by atoms with E-state index < -0.39 is 0 Å². The quantitative estimate of drug-likeness (QED) is 0.552. The Morgan fingerprint density at radius 2 is 2.11 bits per heavy atom. The zero-order valence-corrected chi connectivity index (χ0v) is 5.60. The van der Waals surface area contributed by atoms with Crippen LogP contribution in [0.25, 0.3) is 0 Å². The van der Waals surface area contributed by atoms with Gasteiger partial charge in [-0.25, -0.2) is 0 Å². The van der Waals surface area contributed by atoms with Crippen molar-refractivity contribution in [2.75, 3.05) is 19.8 Å². The molecule has 0 amide bonds. The third kappa shape index (κ3) is 0.700. The highest BCUT2D eigenvalue weighted by Crippen LogP contribution is 2.49. The van der Waals surface area contributed by atoms with Crippen molar-refractivity contribution in [1.82, 2.24) is 0 Å². The molecule has 1 saturated carbocycles. The van der Waals surface area contributed by atoms with Gasteiger partial charge in [-0.15, -0.1) is 0 Å². The van der Waals surface area contributed by atoms with Crippen molar-refractivity contribution in [1.29, 1.82) is 0 Å². The molecule has 2 rings (SSSR count). The lowest BCUT2D eigenvalue weighted by Crippen LogP contribution is -2.53. The third-order valence-electron chi connectivity index (χ3n) is 2.59. The first-order valence-electron chi connectivity index (χ1n) is 3.62. The van der Waals surface area contributed by atoms with Crippen molar-refractivity contribution >= 4 is 0 Å². The summed E-state index contributed by atoms with van der Waals surface area (Å²) in [6, 6.07) is 0. The first kappa shape index (κ1) is 5.69. The molecular formula is C7H13NO. The monoisotopic (exact) mass is 127 g/mol. The van der Waals surface area contributed by atoms with E-state index >= 15 is 0 Å². The summed E-state index contributed by atoms with van der Waals surface area (Å²) in [5.74, 6) is 0.814. The molecule has 0 aromatic heterocycles. The van der Waals surface area contributed by atoms with Gasteiger partial charge in [0.25, 0.3) is 0 Å². The third-order valence-corrected chi connectivity index (χ3v) is 2.59. The standard InChI is InChI=1S/C7H13NO/c8-3-6-1-7(2-6)4-9-5-7/h6H,1-5,8H2. The van der Waals surface area contributed by atoms with E-state index in [1.807, 2.05) is 0 Å². The van der Waals surface area contributed by atoms with Crippen LogP contribution >= 0.6 is 0 Å². The van der Waals surface area contributed by atoms with Gasteiger partial charge in [-0.1, -0.05) is 0 Å². The Balaban J connectivity index is 1.82. The van der Waals surface area contributed by atoms with Crippen LogP contribution in [0, 0.1) is 11.3 Å². The Labute approximate surface area is 55.4 Å². The average Bonchev–Trinajstić information content (AvgIpc) is 1.59. The van der Waals surface area contributed by atoms with Gasteiger partial charge in [-0.2, -0.15) is 0 Å². The molecule has 1 aliphatic carbocycles. The largest absolute Gasteiger partial charge is 0.380 e. The average molecular weight is 127 g/mol. The van der Waals surface area contributed by atoms with Crippen molar-refractivity contribution < 1.29 is 4.74 Å². The van der Waals surface area contributed by atoms with Gasteiger partial charge < -0.3 is 10.5 Å². The second-order valence-corrected chi connectivity index (χ2v) is 3.50. The highest BCUT2D eigenvalue weighted by atomic mass is 16.5. The molecule has 0 aromatic rings. The molecule has 0 unspecified atom stereocenters. The first-order valence-corrected chi connectivity index (χ1v) is 3.62. The topological polar surface area (TPSA) is 35.2 Å². The molecule has 9 heavy (non-hydrogen) atoms. The zero-order chi connectivity index (χ0) is 6.32. The van der Waals surface area contributed by atoms with E-state index in [9.17, 15) is 0 Å². The SMILES string of the molecule is NCC1CC2(COC2)C1. The molecule has 0 radical (unpaired) electrons.